The van der Waals surface area contributed by atoms with Gasteiger partial charge >= 0.3 is 11.9 Å². The minimum Gasteiger partial charge on any atom is -0.480 e. The maximum absolute atomic E-state index is 10.1. The van der Waals surface area contributed by atoms with Gasteiger partial charge in [0.25, 0.3) is 0 Å². The Kier molecular flexibility index (Phi) is 10.1. The van der Waals surface area contributed by atoms with Gasteiger partial charge in [-0.15, -0.1) is 0 Å². The second-order valence-corrected chi connectivity index (χ2v) is 7.20. The first kappa shape index (κ1) is 17.7. The van der Waals surface area contributed by atoms with Gasteiger partial charge in [0.2, 0.25) is 0 Å². The van der Waals surface area contributed by atoms with Crippen LogP contribution in [0.25, 0.3) is 0 Å². The minimum absolute atomic E-state index is 0. The molecule has 4 nitrogen and oxygen atoms in total. The summed E-state index contributed by atoms with van der Waals surface area (Å²) in [6.07, 6.45) is 3.36. The third-order valence-corrected chi connectivity index (χ3v) is 5.89. The second kappa shape index (κ2) is 9.64. The first-order chi connectivity index (χ1) is 7.61. The molecule has 2 aliphatic rings. The summed E-state index contributed by atoms with van der Waals surface area (Å²) in [5, 5.41) is 19.6. The van der Waals surface area contributed by atoms with Gasteiger partial charge in [-0.2, -0.15) is 0 Å². The molecule has 0 spiro atoms. The van der Waals surface area contributed by atoms with Crippen LogP contribution >= 0.6 is 43.2 Å². The van der Waals surface area contributed by atoms with E-state index in [1.165, 1.54) is 43.2 Å². The zero-order valence-corrected chi connectivity index (χ0v) is 15.8. The number of hydrogen-bond donors (Lipinski definition) is 2. The van der Waals surface area contributed by atoms with Gasteiger partial charge in [0.15, 0.2) is 0 Å². The third-order valence-electron chi connectivity index (χ3n) is 1.42. The molecular weight excluding hydrogens is 401 g/mol. The van der Waals surface area contributed by atoms with Gasteiger partial charge in [0.05, 0.1) is 0 Å². The van der Waals surface area contributed by atoms with Crippen molar-refractivity contribution >= 4 is 55.1 Å². The Morgan fingerprint density at radius 3 is 1.35 bits per heavy atom. The van der Waals surface area contributed by atoms with Crippen molar-refractivity contribution in [3.63, 3.8) is 0 Å². The van der Waals surface area contributed by atoms with Crippen LogP contribution in [-0.2, 0) is 36.9 Å². The molecule has 0 aromatic heterocycles. The molecule has 17 heavy (non-hydrogen) atoms. The largest absolute Gasteiger partial charge is 0.480 e. The number of rotatable bonds is 2. The second-order valence-electron chi connectivity index (χ2n) is 2.56. The van der Waals surface area contributed by atoms with E-state index in [1.807, 2.05) is 0 Å². The van der Waals surface area contributed by atoms with Crippen LogP contribution in [0.4, 0.5) is 0 Å². The number of carboxylic acid groups (broad SMARTS) is 2. The molecule has 2 N–H and O–H groups in total. The van der Waals surface area contributed by atoms with Gasteiger partial charge in [-0.1, -0.05) is 55.3 Å². The summed E-state index contributed by atoms with van der Waals surface area (Å²) in [7, 11) is 5.64. The minimum atomic E-state index is -0.753. The average molecular weight is 409 g/mol. The average Bonchev–Trinajstić information content (AvgIpc) is 2.93. The summed E-state index contributed by atoms with van der Waals surface area (Å²) < 4.78 is 0. The molecule has 0 aromatic rings. The number of carboxylic acids is 2. The predicted molar refractivity (Wildman–Crippen MR) is 71.5 cm³/mol. The van der Waals surface area contributed by atoms with E-state index in [0.29, 0.717) is 0 Å². The molecule has 2 heterocycles. The Hall–Kier alpha value is 0.742. The summed E-state index contributed by atoms with van der Waals surface area (Å²) in [6, 6.07) is 0. The van der Waals surface area contributed by atoms with Crippen LogP contribution in [0.3, 0.4) is 0 Å². The van der Waals surface area contributed by atoms with Crippen molar-refractivity contribution in [2.24, 2.45) is 0 Å². The van der Waals surface area contributed by atoms with Gasteiger partial charge in [-0.3, -0.25) is 9.59 Å². The Morgan fingerprint density at radius 1 is 0.882 bits per heavy atom. The molecule has 0 bridgehead atoms. The van der Waals surface area contributed by atoms with Crippen molar-refractivity contribution in [2.75, 3.05) is 0 Å². The van der Waals surface area contributed by atoms with Crippen LogP contribution in [0.2, 0.25) is 0 Å². The standard InChI is InChI=1S/2C4H4O2S2.Cd/c2*5-4(6)3-1-2-7-8-3;/h2*1-3H,(H,5,6);. The van der Waals surface area contributed by atoms with E-state index < -0.39 is 11.9 Å². The molecule has 0 aliphatic carbocycles. The summed E-state index contributed by atoms with van der Waals surface area (Å²) in [4.78, 5) is 20.2. The topological polar surface area (TPSA) is 74.6 Å². The zero-order valence-electron chi connectivity index (χ0n) is 8.52. The van der Waals surface area contributed by atoms with E-state index in [-0.39, 0.29) is 37.8 Å². The smallest absolute Gasteiger partial charge is 0.321 e. The molecule has 9 heteroatoms. The maximum Gasteiger partial charge on any atom is 0.321 e. The first-order valence-electron chi connectivity index (χ1n) is 4.04. The zero-order chi connectivity index (χ0) is 12.0. The van der Waals surface area contributed by atoms with Crippen molar-refractivity contribution < 1.29 is 47.1 Å². The quantitative estimate of drug-likeness (QED) is 0.533. The van der Waals surface area contributed by atoms with Crippen LogP contribution in [-0.4, -0.2) is 32.7 Å². The van der Waals surface area contributed by atoms with Gasteiger partial charge in [0.1, 0.15) is 10.5 Å². The molecule has 0 aromatic carbocycles. The molecule has 2 unspecified atom stereocenters. The monoisotopic (exact) mass is 410 g/mol. The van der Waals surface area contributed by atoms with Crippen molar-refractivity contribution in [2.45, 2.75) is 10.5 Å². The van der Waals surface area contributed by atoms with Crippen LogP contribution in [0.5, 0.6) is 0 Å². The van der Waals surface area contributed by atoms with E-state index in [2.05, 4.69) is 0 Å². The van der Waals surface area contributed by atoms with E-state index in [0.717, 1.165) is 0 Å². The normalized spacial score (nSPS) is 24.7. The van der Waals surface area contributed by atoms with E-state index >= 15 is 0 Å². The molecule has 0 amide bonds. The first-order valence-corrected chi connectivity index (χ1v) is 8.59. The van der Waals surface area contributed by atoms with Crippen LogP contribution in [0, 0.1) is 0 Å². The Labute approximate surface area is 134 Å². The van der Waals surface area contributed by atoms with Gasteiger partial charge < -0.3 is 10.2 Å². The van der Waals surface area contributed by atoms with E-state index in [1.54, 1.807) is 23.0 Å². The number of carbonyl (C=O) groups is 2. The van der Waals surface area contributed by atoms with Crippen molar-refractivity contribution in [1.29, 1.82) is 0 Å². The molecule has 90 valence electrons. The van der Waals surface area contributed by atoms with Crippen LogP contribution in [0.15, 0.2) is 23.0 Å². The number of hydrogen-bond acceptors (Lipinski definition) is 6. The summed E-state index contributed by atoms with van der Waals surface area (Å²) in [6.45, 7) is 0. The van der Waals surface area contributed by atoms with Gasteiger partial charge in [-0.05, 0) is 10.8 Å². The molecule has 0 fully saturated rings. The predicted octanol–water partition coefficient (Wildman–Crippen LogP) is 2.69. The molecule has 0 saturated carbocycles. The van der Waals surface area contributed by atoms with Crippen LogP contribution < -0.4 is 0 Å². The molecular formula is C8H8CdO4S4. The Balaban J connectivity index is 0.000000284. The van der Waals surface area contributed by atoms with Gasteiger partial charge in [0, 0.05) is 27.3 Å². The molecule has 2 aliphatic heterocycles. The SMILES string of the molecule is O=C(O)C1C=CSS1.O=C(O)C1C=CSS1.[Cd]. The van der Waals surface area contributed by atoms with Crippen LogP contribution in [0.1, 0.15) is 0 Å². The third kappa shape index (κ3) is 7.04. The molecule has 2 atom stereocenters. The maximum atomic E-state index is 10.1. The van der Waals surface area contributed by atoms with E-state index in [4.69, 9.17) is 10.2 Å². The summed E-state index contributed by atoms with van der Waals surface area (Å²) >= 11 is 0. The molecule has 0 saturated heterocycles. The Bertz CT molecular complexity index is 301. The molecule has 2 rings (SSSR count). The molecule has 0 radical (unpaired) electrons. The summed E-state index contributed by atoms with van der Waals surface area (Å²) in [5.41, 5.74) is 0. The van der Waals surface area contributed by atoms with Crippen molar-refractivity contribution in [1.82, 2.24) is 0 Å². The number of aliphatic carboxylic acids is 2. The summed E-state index contributed by atoms with van der Waals surface area (Å²) in [5.74, 6) is -1.51. The van der Waals surface area contributed by atoms with E-state index in [9.17, 15) is 9.59 Å². The fourth-order valence-corrected chi connectivity index (χ4v) is 4.53. The van der Waals surface area contributed by atoms with Gasteiger partial charge in [-0.25, -0.2) is 0 Å². The Morgan fingerprint density at radius 2 is 1.24 bits per heavy atom. The fraction of sp³-hybridized carbons (Fsp3) is 0.250. The fourth-order valence-electron chi connectivity index (χ4n) is 0.702. The van der Waals surface area contributed by atoms with Crippen molar-refractivity contribution in [3.05, 3.63) is 23.0 Å². The van der Waals surface area contributed by atoms with Crippen molar-refractivity contribution in [3.8, 4) is 0 Å².